The van der Waals surface area contributed by atoms with E-state index in [-0.39, 0.29) is 22.6 Å². The van der Waals surface area contributed by atoms with Gasteiger partial charge in [-0.15, -0.1) is 0 Å². The molecular formula is C24H18F2N2O5. The molecule has 1 amide bonds. The highest BCUT2D eigenvalue weighted by molar-refractivity contribution is 6.51. The Kier molecular flexibility index (Phi) is 5.78. The van der Waals surface area contributed by atoms with E-state index >= 15 is 0 Å². The van der Waals surface area contributed by atoms with E-state index in [0.717, 1.165) is 23.1 Å². The van der Waals surface area contributed by atoms with Gasteiger partial charge in [0.2, 0.25) is 0 Å². The highest BCUT2D eigenvalue weighted by Crippen LogP contribution is 2.43. The van der Waals surface area contributed by atoms with Crippen LogP contribution in [-0.4, -0.2) is 36.0 Å². The first-order valence-corrected chi connectivity index (χ1v) is 9.76. The average Bonchev–Trinajstić information content (AvgIpc) is 3.10. The van der Waals surface area contributed by atoms with Gasteiger partial charge in [-0.05, 0) is 36.4 Å². The van der Waals surface area contributed by atoms with Crippen LogP contribution in [0.25, 0.3) is 5.76 Å². The minimum absolute atomic E-state index is 0.108. The summed E-state index contributed by atoms with van der Waals surface area (Å²) in [5.41, 5.74) is -0.509. The molecule has 1 unspecified atom stereocenters. The number of methoxy groups -OCH3 is 2. The topological polar surface area (TPSA) is 89.0 Å². The van der Waals surface area contributed by atoms with Crippen molar-refractivity contribution in [3.63, 3.8) is 0 Å². The molecule has 4 rings (SSSR count). The van der Waals surface area contributed by atoms with Crippen molar-refractivity contribution in [2.45, 2.75) is 6.04 Å². The fraction of sp³-hybridized carbons (Fsp3) is 0.125. The highest BCUT2D eigenvalue weighted by atomic mass is 19.1. The Hall–Kier alpha value is -4.27. The monoisotopic (exact) mass is 452 g/mol. The molecular weight excluding hydrogens is 434 g/mol. The fourth-order valence-corrected chi connectivity index (χ4v) is 3.71. The van der Waals surface area contributed by atoms with Crippen LogP contribution in [0.5, 0.6) is 11.5 Å². The smallest absolute Gasteiger partial charge is 0.300 e. The van der Waals surface area contributed by atoms with Crippen molar-refractivity contribution < 1.29 is 33.0 Å². The van der Waals surface area contributed by atoms with Gasteiger partial charge in [0.05, 0.1) is 36.7 Å². The van der Waals surface area contributed by atoms with Crippen LogP contribution in [0.15, 0.2) is 66.4 Å². The van der Waals surface area contributed by atoms with E-state index in [0.29, 0.717) is 5.75 Å². The first kappa shape index (κ1) is 21.9. The van der Waals surface area contributed by atoms with Crippen molar-refractivity contribution >= 4 is 23.1 Å². The van der Waals surface area contributed by atoms with Crippen LogP contribution in [0, 0.1) is 11.6 Å². The number of aliphatic hydroxyl groups is 1. The number of ketones is 1. The SMILES string of the molecule is COc1ccc(/C(O)=C2/C(=O)C(=O)N(c3cc(F)ccc3F)C2c2ccccn2)c(OC)c1. The number of ether oxygens (including phenoxy) is 2. The molecule has 1 fully saturated rings. The summed E-state index contributed by atoms with van der Waals surface area (Å²) in [6, 6.07) is 10.5. The lowest BCUT2D eigenvalue weighted by atomic mass is 9.97. The normalized spacial score (nSPS) is 17.3. The fourth-order valence-electron chi connectivity index (χ4n) is 3.71. The Labute approximate surface area is 187 Å². The van der Waals surface area contributed by atoms with E-state index in [1.54, 1.807) is 12.1 Å². The van der Waals surface area contributed by atoms with Gasteiger partial charge in [-0.2, -0.15) is 0 Å². The maximum absolute atomic E-state index is 14.7. The zero-order chi connectivity index (χ0) is 23.7. The molecule has 0 bridgehead atoms. The average molecular weight is 452 g/mol. The molecule has 1 aliphatic rings. The summed E-state index contributed by atoms with van der Waals surface area (Å²) in [5.74, 6) is -3.87. The van der Waals surface area contributed by atoms with Gasteiger partial charge in [0.1, 0.15) is 34.9 Å². The first-order valence-electron chi connectivity index (χ1n) is 9.76. The molecule has 0 saturated carbocycles. The van der Waals surface area contributed by atoms with Gasteiger partial charge in [-0.1, -0.05) is 6.07 Å². The standard InChI is InChI=1S/C24H18F2N2O5/c1-32-14-7-8-15(19(12-14)33-2)22(29)20-21(17-5-3-4-10-27-17)28(24(31)23(20)30)18-11-13(25)6-9-16(18)26/h3-12,21,29H,1-2H3/b22-20-. The van der Waals surface area contributed by atoms with Gasteiger partial charge in [0.25, 0.3) is 11.7 Å². The number of amides is 1. The number of aromatic nitrogens is 1. The van der Waals surface area contributed by atoms with Crippen LogP contribution in [0.2, 0.25) is 0 Å². The van der Waals surface area contributed by atoms with Crippen molar-refractivity contribution in [3.8, 4) is 11.5 Å². The number of benzene rings is 2. The Morgan fingerprint density at radius 2 is 1.82 bits per heavy atom. The second-order valence-corrected chi connectivity index (χ2v) is 7.09. The van der Waals surface area contributed by atoms with Crippen LogP contribution in [-0.2, 0) is 9.59 Å². The lowest BCUT2D eigenvalue weighted by Crippen LogP contribution is -2.30. The van der Waals surface area contributed by atoms with Gasteiger partial charge < -0.3 is 14.6 Å². The Morgan fingerprint density at radius 3 is 2.48 bits per heavy atom. The number of halogens is 2. The molecule has 168 valence electrons. The Morgan fingerprint density at radius 1 is 1.03 bits per heavy atom. The van der Waals surface area contributed by atoms with Crippen LogP contribution < -0.4 is 14.4 Å². The molecule has 0 radical (unpaired) electrons. The second kappa shape index (κ2) is 8.70. The predicted molar refractivity (Wildman–Crippen MR) is 115 cm³/mol. The number of Topliss-reactive ketones (excluding diaryl/α,β-unsaturated/α-hetero) is 1. The summed E-state index contributed by atoms with van der Waals surface area (Å²) in [6.45, 7) is 0. The van der Waals surface area contributed by atoms with Crippen molar-refractivity contribution in [2.75, 3.05) is 19.1 Å². The number of anilines is 1. The maximum atomic E-state index is 14.7. The van der Waals surface area contributed by atoms with E-state index in [2.05, 4.69) is 4.98 Å². The van der Waals surface area contributed by atoms with Gasteiger partial charge in [0.15, 0.2) is 0 Å². The number of hydrogen-bond donors (Lipinski definition) is 1. The molecule has 7 nitrogen and oxygen atoms in total. The maximum Gasteiger partial charge on any atom is 0.300 e. The van der Waals surface area contributed by atoms with Crippen LogP contribution in [0.4, 0.5) is 14.5 Å². The van der Waals surface area contributed by atoms with Gasteiger partial charge in [0, 0.05) is 18.3 Å². The van der Waals surface area contributed by atoms with Crippen LogP contribution in [0.3, 0.4) is 0 Å². The zero-order valence-corrected chi connectivity index (χ0v) is 17.6. The first-order chi connectivity index (χ1) is 15.9. The van der Waals surface area contributed by atoms with Crippen molar-refractivity contribution in [3.05, 3.63) is 89.3 Å². The van der Waals surface area contributed by atoms with E-state index in [4.69, 9.17) is 9.47 Å². The molecule has 33 heavy (non-hydrogen) atoms. The third kappa shape index (κ3) is 3.78. The number of nitrogens with zero attached hydrogens (tertiary/aromatic N) is 2. The Bertz CT molecular complexity index is 1280. The Balaban J connectivity index is 1.98. The lowest BCUT2D eigenvalue weighted by molar-refractivity contribution is -0.132. The molecule has 0 spiro atoms. The minimum atomic E-state index is -1.31. The van der Waals surface area contributed by atoms with Crippen LogP contribution >= 0.6 is 0 Å². The third-order valence-electron chi connectivity index (χ3n) is 5.24. The van der Waals surface area contributed by atoms with Crippen molar-refractivity contribution in [1.82, 2.24) is 4.98 Å². The number of aliphatic hydroxyl groups excluding tert-OH is 1. The summed E-state index contributed by atoms with van der Waals surface area (Å²) in [5, 5.41) is 11.2. The lowest BCUT2D eigenvalue weighted by Gasteiger charge is -2.25. The second-order valence-electron chi connectivity index (χ2n) is 7.09. The molecule has 0 aliphatic carbocycles. The van der Waals surface area contributed by atoms with E-state index in [1.165, 1.54) is 44.7 Å². The molecule has 2 heterocycles. The number of rotatable bonds is 5. The highest BCUT2D eigenvalue weighted by Gasteiger charge is 2.48. The third-order valence-corrected chi connectivity index (χ3v) is 5.24. The van der Waals surface area contributed by atoms with Gasteiger partial charge >= 0.3 is 0 Å². The molecule has 1 atom stereocenters. The summed E-state index contributed by atoms with van der Waals surface area (Å²) in [6.07, 6.45) is 1.42. The van der Waals surface area contributed by atoms with Gasteiger partial charge in [-0.3, -0.25) is 19.5 Å². The van der Waals surface area contributed by atoms with Crippen LogP contribution in [0.1, 0.15) is 17.3 Å². The molecule has 9 heteroatoms. The molecule has 1 aliphatic heterocycles. The predicted octanol–water partition coefficient (Wildman–Crippen LogP) is 4.00. The largest absolute Gasteiger partial charge is 0.507 e. The molecule has 1 saturated heterocycles. The van der Waals surface area contributed by atoms with Gasteiger partial charge in [-0.25, -0.2) is 8.78 Å². The molecule has 3 aromatic rings. The van der Waals surface area contributed by atoms with E-state index in [1.807, 2.05) is 0 Å². The van der Waals surface area contributed by atoms with Crippen molar-refractivity contribution in [1.29, 1.82) is 0 Å². The minimum Gasteiger partial charge on any atom is -0.507 e. The summed E-state index contributed by atoms with van der Waals surface area (Å²) >= 11 is 0. The number of carbonyl (C=O) groups is 2. The number of carbonyl (C=O) groups excluding carboxylic acids is 2. The number of hydrogen-bond acceptors (Lipinski definition) is 6. The van der Waals surface area contributed by atoms with E-state index in [9.17, 15) is 23.5 Å². The number of pyridine rings is 1. The quantitative estimate of drug-likeness (QED) is 0.358. The molecule has 1 N–H and O–H groups in total. The zero-order valence-electron chi connectivity index (χ0n) is 17.6. The molecule has 1 aromatic heterocycles. The summed E-state index contributed by atoms with van der Waals surface area (Å²) < 4.78 is 39.1. The van der Waals surface area contributed by atoms with Crippen molar-refractivity contribution in [2.24, 2.45) is 0 Å². The summed E-state index contributed by atoms with van der Waals surface area (Å²) in [4.78, 5) is 31.1. The van der Waals surface area contributed by atoms with E-state index < -0.39 is 40.8 Å². The summed E-state index contributed by atoms with van der Waals surface area (Å²) in [7, 11) is 2.82. The molecule has 2 aromatic carbocycles.